The number of aliphatic hydroxyl groups is 2. The number of hydrogen-bond donors (Lipinski definition) is 3. The molecule has 0 saturated heterocycles. The molecule has 0 bridgehead atoms. The maximum Gasteiger partial charge on any atom is 0.125 e. The smallest absolute Gasteiger partial charge is 0.125 e. The number of ether oxygens (including phenoxy) is 2. The predicted octanol–water partition coefficient (Wildman–Crippen LogP) is 0.579. The lowest BCUT2D eigenvalue weighted by Crippen LogP contribution is -2.34. The van der Waals surface area contributed by atoms with E-state index in [1.54, 1.807) is 14.2 Å². The topological polar surface area (TPSA) is 71.0 Å². The highest BCUT2D eigenvalue weighted by Gasteiger charge is 2.08. The Morgan fingerprint density at radius 1 is 1.21 bits per heavy atom. The lowest BCUT2D eigenvalue weighted by atomic mass is 10.1. The quantitative estimate of drug-likeness (QED) is 0.612. The largest absolute Gasteiger partial charge is 0.497 e. The van der Waals surface area contributed by atoms with Gasteiger partial charge in [0, 0.05) is 18.7 Å². The van der Waals surface area contributed by atoms with Gasteiger partial charge < -0.3 is 25.0 Å². The molecule has 0 saturated carbocycles. The molecule has 5 nitrogen and oxygen atoms in total. The highest BCUT2D eigenvalue weighted by molar-refractivity contribution is 5.40. The monoisotopic (exact) mass is 269 g/mol. The number of nitrogens with one attached hydrogen (secondary N) is 1. The Balaban J connectivity index is 2.52. The average Bonchev–Trinajstić information content (AvgIpc) is 2.46. The van der Waals surface area contributed by atoms with Gasteiger partial charge in [-0.25, -0.2) is 0 Å². The lowest BCUT2D eigenvalue weighted by molar-refractivity contribution is 0.201. The van der Waals surface area contributed by atoms with E-state index in [0.29, 0.717) is 13.0 Å². The fraction of sp³-hybridized carbons (Fsp3) is 0.571. The van der Waals surface area contributed by atoms with E-state index in [9.17, 15) is 0 Å². The number of methoxy groups -OCH3 is 2. The molecule has 0 aliphatic carbocycles. The summed E-state index contributed by atoms with van der Waals surface area (Å²) in [7, 11) is 3.25. The van der Waals surface area contributed by atoms with E-state index >= 15 is 0 Å². The molecule has 1 aromatic rings. The van der Waals surface area contributed by atoms with Crippen LogP contribution in [0.15, 0.2) is 18.2 Å². The average molecular weight is 269 g/mol. The normalized spacial score (nSPS) is 12.2. The molecule has 0 spiro atoms. The van der Waals surface area contributed by atoms with Crippen LogP contribution >= 0.6 is 0 Å². The van der Waals surface area contributed by atoms with Gasteiger partial charge in [-0.15, -0.1) is 0 Å². The summed E-state index contributed by atoms with van der Waals surface area (Å²) < 4.78 is 10.5. The standard InChI is InChI=1S/C14H23NO4/c1-18-13-4-3-11(14(9-13)19-2)5-7-15-12(10-17)6-8-16/h3-4,9,12,15-17H,5-8,10H2,1-2H3. The minimum absolute atomic E-state index is 0.0281. The van der Waals surface area contributed by atoms with E-state index in [1.807, 2.05) is 18.2 Å². The zero-order valence-electron chi connectivity index (χ0n) is 11.6. The number of rotatable bonds is 9. The fourth-order valence-electron chi connectivity index (χ4n) is 1.88. The maximum absolute atomic E-state index is 9.11. The first kappa shape index (κ1) is 15.8. The van der Waals surface area contributed by atoms with E-state index in [4.69, 9.17) is 19.7 Å². The van der Waals surface area contributed by atoms with E-state index in [1.165, 1.54) is 0 Å². The molecule has 1 rings (SSSR count). The van der Waals surface area contributed by atoms with Crippen molar-refractivity contribution in [1.82, 2.24) is 5.32 Å². The molecule has 0 aromatic heterocycles. The second kappa shape index (κ2) is 8.74. The van der Waals surface area contributed by atoms with E-state index in [-0.39, 0.29) is 19.3 Å². The van der Waals surface area contributed by atoms with Crippen molar-refractivity contribution < 1.29 is 19.7 Å². The van der Waals surface area contributed by atoms with Crippen LogP contribution in [0.25, 0.3) is 0 Å². The highest BCUT2D eigenvalue weighted by atomic mass is 16.5. The van der Waals surface area contributed by atoms with E-state index in [0.717, 1.165) is 23.5 Å². The van der Waals surface area contributed by atoms with Crippen molar-refractivity contribution in [3.8, 4) is 11.5 Å². The predicted molar refractivity (Wildman–Crippen MR) is 73.8 cm³/mol. The number of aliphatic hydroxyl groups excluding tert-OH is 2. The Morgan fingerprint density at radius 2 is 2.00 bits per heavy atom. The Morgan fingerprint density at radius 3 is 2.58 bits per heavy atom. The summed E-state index contributed by atoms with van der Waals surface area (Å²) >= 11 is 0. The first-order valence-corrected chi connectivity index (χ1v) is 6.41. The van der Waals surface area contributed by atoms with Crippen LogP contribution in [0.3, 0.4) is 0 Å². The molecule has 0 aliphatic heterocycles. The molecule has 5 heteroatoms. The van der Waals surface area contributed by atoms with Crippen LogP contribution in [0, 0.1) is 0 Å². The molecule has 3 N–H and O–H groups in total. The van der Waals surface area contributed by atoms with Gasteiger partial charge >= 0.3 is 0 Å². The van der Waals surface area contributed by atoms with Crippen molar-refractivity contribution in [2.24, 2.45) is 0 Å². The zero-order valence-corrected chi connectivity index (χ0v) is 11.6. The molecule has 1 atom stereocenters. The van der Waals surface area contributed by atoms with Gasteiger partial charge in [0.2, 0.25) is 0 Å². The van der Waals surface area contributed by atoms with Crippen LogP contribution in [0.4, 0.5) is 0 Å². The van der Waals surface area contributed by atoms with Crippen molar-refractivity contribution >= 4 is 0 Å². The molecule has 1 unspecified atom stereocenters. The lowest BCUT2D eigenvalue weighted by Gasteiger charge is -2.16. The summed E-state index contributed by atoms with van der Waals surface area (Å²) in [6, 6.07) is 5.66. The Bertz CT molecular complexity index is 370. The summed E-state index contributed by atoms with van der Waals surface area (Å²) in [4.78, 5) is 0. The Kier molecular flexibility index (Phi) is 7.25. The van der Waals surface area contributed by atoms with Gasteiger partial charge in [0.15, 0.2) is 0 Å². The van der Waals surface area contributed by atoms with Crippen LogP contribution < -0.4 is 14.8 Å². The third kappa shape index (κ3) is 5.06. The summed E-state index contributed by atoms with van der Waals surface area (Å²) in [6.45, 7) is 0.818. The number of benzene rings is 1. The van der Waals surface area contributed by atoms with Gasteiger partial charge in [0.05, 0.1) is 20.8 Å². The molecule has 0 aliphatic rings. The van der Waals surface area contributed by atoms with Crippen molar-refractivity contribution in [1.29, 1.82) is 0 Å². The SMILES string of the molecule is COc1ccc(CCNC(CO)CCO)c(OC)c1. The fourth-order valence-corrected chi connectivity index (χ4v) is 1.88. The second-order valence-corrected chi connectivity index (χ2v) is 4.27. The van der Waals surface area contributed by atoms with Gasteiger partial charge in [-0.05, 0) is 31.0 Å². The van der Waals surface area contributed by atoms with Crippen LogP contribution in [-0.2, 0) is 6.42 Å². The number of hydrogen-bond acceptors (Lipinski definition) is 5. The van der Waals surface area contributed by atoms with Gasteiger partial charge in [-0.1, -0.05) is 6.07 Å². The third-order valence-corrected chi connectivity index (χ3v) is 3.02. The van der Waals surface area contributed by atoms with Crippen LogP contribution in [0.1, 0.15) is 12.0 Å². The Labute approximate surface area is 114 Å². The van der Waals surface area contributed by atoms with Gasteiger partial charge in [-0.3, -0.25) is 0 Å². The zero-order chi connectivity index (χ0) is 14.1. The molecule has 108 valence electrons. The van der Waals surface area contributed by atoms with Crippen molar-refractivity contribution in [2.45, 2.75) is 18.9 Å². The van der Waals surface area contributed by atoms with Crippen molar-refractivity contribution in [3.05, 3.63) is 23.8 Å². The molecule has 1 aromatic carbocycles. The first-order chi connectivity index (χ1) is 9.24. The van der Waals surface area contributed by atoms with Crippen molar-refractivity contribution in [3.63, 3.8) is 0 Å². The van der Waals surface area contributed by atoms with Crippen LogP contribution in [0.5, 0.6) is 11.5 Å². The maximum atomic E-state index is 9.11. The van der Waals surface area contributed by atoms with Gasteiger partial charge in [0.25, 0.3) is 0 Å². The summed E-state index contributed by atoms with van der Waals surface area (Å²) in [5.74, 6) is 1.56. The minimum Gasteiger partial charge on any atom is -0.497 e. The van der Waals surface area contributed by atoms with Crippen LogP contribution in [-0.4, -0.2) is 50.2 Å². The van der Waals surface area contributed by atoms with Gasteiger partial charge in [-0.2, -0.15) is 0 Å². The summed E-state index contributed by atoms with van der Waals surface area (Å²) in [5.41, 5.74) is 1.08. The van der Waals surface area contributed by atoms with Crippen LogP contribution in [0.2, 0.25) is 0 Å². The Hall–Kier alpha value is -1.30. The molecule has 0 fully saturated rings. The summed E-state index contributed by atoms with van der Waals surface area (Å²) in [5, 5.41) is 21.1. The van der Waals surface area contributed by atoms with E-state index in [2.05, 4.69) is 5.32 Å². The molecule has 0 amide bonds. The van der Waals surface area contributed by atoms with Crippen molar-refractivity contribution in [2.75, 3.05) is 34.0 Å². The minimum atomic E-state index is -0.0609. The highest BCUT2D eigenvalue weighted by Crippen LogP contribution is 2.24. The third-order valence-electron chi connectivity index (χ3n) is 3.02. The second-order valence-electron chi connectivity index (χ2n) is 4.27. The first-order valence-electron chi connectivity index (χ1n) is 6.41. The van der Waals surface area contributed by atoms with E-state index < -0.39 is 0 Å². The van der Waals surface area contributed by atoms with Gasteiger partial charge in [0.1, 0.15) is 11.5 Å². The molecular formula is C14H23NO4. The molecular weight excluding hydrogens is 246 g/mol. The molecule has 0 radical (unpaired) electrons. The molecule has 19 heavy (non-hydrogen) atoms. The molecule has 0 heterocycles. The summed E-state index contributed by atoms with van der Waals surface area (Å²) in [6.07, 6.45) is 1.34.